The lowest BCUT2D eigenvalue weighted by molar-refractivity contribution is 0.401. The summed E-state index contributed by atoms with van der Waals surface area (Å²) in [7, 11) is 1.73. The first-order valence-corrected chi connectivity index (χ1v) is 7.90. The van der Waals surface area contributed by atoms with Crippen LogP contribution in [0.4, 0.5) is 0 Å². The largest absolute Gasteiger partial charge is 0.496 e. The van der Waals surface area contributed by atoms with Gasteiger partial charge in [0.1, 0.15) is 5.75 Å². The highest BCUT2D eigenvalue weighted by Gasteiger charge is 2.20. The maximum Gasteiger partial charge on any atom is 0.127 e. The van der Waals surface area contributed by atoms with Crippen molar-refractivity contribution >= 4 is 22.9 Å². The van der Waals surface area contributed by atoms with Crippen LogP contribution in [0.25, 0.3) is 0 Å². The van der Waals surface area contributed by atoms with E-state index in [-0.39, 0.29) is 6.04 Å². The van der Waals surface area contributed by atoms with Crippen LogP contribution in [0.2, 0.25) is 4.34 Å². The molecule has 2 nitrogen and oxygen atoms in total. The number of aryl methyl sites for hydroxylation is 1. The lowest BCUT2D eigenvalue weighted by Gasteiger charge is -2.22. The van der Waals surface area contributed by atoms with E-state index in [4.69, 9.17) is 16.3 Å². The summed E-state index contributed by atoms with van der Waals surface area (Å²) in [5.41, 5.74) is 3.59. The van der Waals surface area contributed by atoms with Crippen molar-refractivity contribution in [1.29, 1.82) is 0 Å². The third-order valence-electron chi connectivity index (χ3n) is 3.51. The monoisotopic (exact) mass is 309 g/mol. The Morgan fingerprint density at radius 3 is 2.55 bits per heavy atom. The fourth-order valence-electron chi connectivity index (χ4n) is 2.36. The molecule has 2 rings (SSSR count). The first kappa shape index (κ1) is 15.4. The van der Waals surface area contributed by atoms with Gasteiger partial charge in [-0.3, -0.25) is 0 Å². The third kappa shape index (κ3) is 3.00. The summed E-state index contributed by atoms with van der Waals surface area (Å²) in [6, 6.07) is 8.43. The molecule has 1 atom stereocenters. The van der Waals surface area contributed by atoms with E-state index in [1.165, 1.54) is 16.0 Å². The molecule has 1 N–H and O–H groups in total. The minimum Gasteiger partial charge on any atom is -0.496 e. The Kier molecular flexibility index (Phi) is 5.08. The predicted octanol–water partition coefficient (Wildman–Crippen LogP) is 4.73. The standard InChI is InChI=1S/C16H20ClNOS/c1-5-18-15(13-8-9-14(17)20-13)12-7-6-10(2)11(3)16(12)19-4/h6-9,15,18H,5H2,1-4H3. The quantitative estimate of drug-likeness (QED) is 0.862. The maximum absolute atomic E-state index is 6.08. The molecule has 0 amide bonds. The van der Waals surface area contributed by atoms with E-state index in [1.807, 2.05) is 6.07 Å². The zero-order valence-electron chi connectivity index (χ0n) is 12.3. The van der Waals surface area contributed by atoms with Gasteiger partial charge in [-0.05, 0) is 43.7 Å². The molecule has 2 aromatic rings. The van der Waals surface area contributed by atoms with Crippen LogP contribution in [-0.2, 0) is 0 Å². The predicted molar refractivity (Wildman–Crippen MR) is 87.3 cm³/mol. The number of benzene rings is 1. The highest BCUT2D eigenvalue weighted by Crippen LogP contribution is 2.37. The zero-order valence-corrected chi connectivity index (χ0v) is 13.9. The van der Waals surface area contributed by atoms with Gasteiger partial charge in [-0.25, -0.2) is 0 Å². The molecule has 1 heterocycles. The summed E-state index contributed by atoms with van der Waals surface area (Å²) in [5.74, 6) is 0.959. The van der Waals surface area contributed by atoms with Crippen LogP contribution in [0, 0.1) is 13.8 Å². The highest BCUT2D eigenvalue weighted by atomic mass is 35.5. The van der Waals surface area contributed by atoms with Gasteiger partial charge in [0, 0.05) is 10.4 Å². The van der Waals surface area contributed by atoms with E-state index in [1.54, 1.807) is 18.4 Å². The van der Waals surface area contributed by atoms with Gasteiger partial charge in [0.05, 0.1) is 17.5 Å². The first-order chi connectivity index (χ1) is 9.58. The van der Waals surface area contributed by atoms with Crippen LogP contribution in [0.15, 0.2) is 24.3 Å². The van der Waals surface area contributed by atoms with Gasteiger partial charge in [0.15, 0.2) is 0 Å². The number of nitrogens with one attached hydrogen (secondary N) is 1. The Bertz CT molecular complexity index is 594. The van der Waals surface area contributed by atoms with Crippen molar-refractivity contribution < 1.29 is 4.74 Å². The van der Waals surface area contributed by atoms with Gasteiger partial charge in [-0.2, -0.15) is 0 Å². The van der Waals surface area contributed by atoms with Crippen molar-refractivity contribution in [3.05, 3.63) is 50.2 Å². The minimum absolute atomic E-state index is 0.117. The van der Waals surface area contributed by atoms with Crippen LogP contribution in [-0.4, -0.2) is 13.7 Å². The molecular weight excluding hydrogens is 290 g/mol. The van der Waals surface area contributed by atoms with Crippen molar-refractivity contribution in [3.63, 3.8) is 0 Å². The average molecular weight is 310 g/mol. The molecule has 20 heavy (non-hydrogen) atoms. The Balaban J connectivity index is 2.52. The molecule has 0 radical (unpaired) electrons. The number of rotatable bonds is 5. The summed E-state index contributed by atoms with van der Waals surface area (Å²) in [6.07, 6.45) is 0. The molecule has 1 aromatic heterocycles. The molecule has 0 spiro atoms. The molecule has 0 saturated carbocycles. The third-order valence-corrected chi connectivity index (χ3v) is 4.81. The second-order valence-corrected chi connectivity index (χ2v) is 6.51. The molecule has 0 saturated heterocycles. The molecule has 0 fully saturated rings. The van der Waals surface area contributed by atoms with Gasteiger partial charge in [-0.15, -0.1) is 11.3 Å². The topological polar surface area (TPSA) is 21.3 Å². The van der Waals surface area contributed by atoms with Crippen molar-refractivity contribution in [2.45, 2.75) is 26.8 Å². The van der Waals surface area contributed by atoms with Crippen molar-refractivity contribution in [2.24, 2.45) is 0 Å². The normalized spacial score (nSPS) is 12.4. The van der Waals surface area contributed by atoms with E-state index in [9.17, 15) is 0 Å². The van der Waals surface area contributed by atoms with E-state index >= 15 is 0 Å². The Morgan fingerprint density at radius 1 is 1.25 bits per heavy atom. The fraction of sp³-hybridized carbons (Fsp3) is 0.375. The number of hydrogen-bond donors (Lipinski definition) is 1. The molecule has 0 aliphatic carbocycles. The Labute approximate surface area is 129 Å². The molecule has 0 bridgehead atoms. The van der Waals surface area contributed by atoms with Crippen molar-refractivity contribution in [2.75, 3.05) is 13.7 Å². The van der Waals surface area contributed by atoms with E-state index < -0.39 is 0 Å². The number of hydrogen-bond acceptors (Lipinski definition) is 3. The van der Waals surface area contributed by atoms with Gasteiger partial charge in [0.2, 0.25) is 0 Å². The van der Waals surface area contributed by atoms with Crippen LogP contribution < -0.4 is 10.1 Å². The van der Waals surface area contributed by atoms with Crippen LogP contribution in [0.3, 0.4) is 0 Å². The van der Waals surface area contributed by atoms with Crippen LogP contribution >= 0.6 is 22.9 Å². The lowest BCUT2D eigenvalue weighted by atomic mass is 9.98. The Morgan fingerprint density at radius 2 is 2.00 bits per heavy atom. The van der Waals surface area contributed by atoms with Gasteiger partial charge < -0.3 is 10.1 Å². The molecule has 0 aliphatic rings. The minimum atomic E-state index is 0.117. The molecule has 0 aliphatic heterocycles. The number of halogens is 1. The molecular formula is C16H20ClNOS. The Hall–Kier alpha value is -1.03. The van der Waals surface area contributed by atoms with E-state index in [2.05, 4.69) is 44.3 Å². The van der Waals surface area contributed by atoms with E-state index in [0.717, 1.165) is 22.2 Å². The number of methoxy groups -OCH3 is 1. The summed E-state index contributed by atoms with van der Waals surface area (Å²) in [5, 5.41) is 3.52. The average Bonchev–Trinajstić information content (AvgIpc) is 2.86. The summed E-state index contributed by atoms with van der Waals surface area (Å²) in [4.78, 5) is 1.21. The second-order valence-electron chi connectivity index (χ2n) is 4.76. The molecule has 108 valence electrons. The van der Waals surface area contributed by atoms with Crippen molar-refractivity contribution in [1.82, 2.24) is 5.32 Å². The molecule has 1 aromatic carbocycles. The van der Waals surface area contributed by atoms with Gasteiger partial charge >= 0.3 is 0 Å². The van der Waals surface area contributed by atoms with Gasteiger partial charge in [0.25, 0.3) is 0 Å². The van der Waals surface area contributed by atoms with Crippen LogP contribution in [0.1, 0.15) is 34.5 Å². The number of thiophene rings is 1. The highest BCUT2D eigenvalue weighted by molar-refractivity contribution is 7.16. The van der Waals surface area contributed by atoms with Crippen molar-refractivity contribution in [3.8, 4) is 5.75 Å². The first-order valence-electron chi connectivity index (χ1n) is 6.71. The maximum atomic E-state index is 6.08. The fourth-order valence-corrected chi connectivity index (χ4v) is 3.52. The summed E-state index contributed by atoms with van der Waals surface area (Å²) in [6.45, 7) is 7.19. The zero-order chi connectivity index (χ0) is 14.7. The van der Waals surface area contributed by atoms with Gasteiger partial charge in [-0.1, -0.05) is 30.7 Å². The lowest BCUT2D eigenvalue weighted by Crippen LogP contribution is -2.22. The second kappa shape index (κ2) is 6.61. The smallest absolute Gasteiger partial charge is 0.127 e. The van der Waals surface area contributed by atoms with E-state index in [0.29, 0.717) is 0 Å². The summed E-state index contributed by atoms with van der Waals surface area (Å²) < 4.78 is 6.46. The number of ether oxygens (including phenoxy) is 1. The van der Waals surface area contributed by atoms with Crippen LogP contribution in [0.5, 0.6) is 5.75 Å². The molecule has 4 heteroatoms. The SMILES string of the molecule is CCNC(c1ccc(Cl)s1)c1ccc(C)c(C)c1OC. The molecule has 1 unspecified atom stereocenters. The summed E-state index contributed by atoms with van der Waals surface area (Å²) >= 11 is 7.69.